The van der Waals surface area contributed by atoms with Gasteiger partial charge in [-0.15, -0.1) is 0 Å². The molecule has 2 aromatic rings. The van der Waals surface area contributed by atoms with Gasteiger partial charge < -0.3 is 19.3 Å². The van der Waals surface area contributed by atoms with Crippen LogP contribution in [-0.2, 0) is 20.9 Å². The van der Waals surface area contributed by atoms with Crippen molar-refractivity contribution in [3.63, 3.8) is 0 Å². The van der Waals surface area contributed by atoms with E-state index in [1.165, 1.54) is 0 Å². The lowest BCUT2D eigenvalue weighted by molar-refractivity contribution is -0.931. The van der Waals surface area contributed by atoms with Crippen LogP contribution in [0.5, 0.6) is 5.75 Å². The Morgan fingerprint density at radius 2 is 1.61 bits per heavy atom. The number of likely N-dealkylation sites (N-methyl/N-ethyl adjacent to an activating group) is 1. The zero-order valence-corrected chi connectivity index (χ0v) is 19.5. The van der Waals surface area contributed by atoms with E-state index in [-0.39, 0.29) is 25.0 Å². The summed E-state index contributed by atoms with van der Waals surface area (Å²) in [7, 11) is 1.62. The molecule has 0 spiro atoms. The summed E-state index contributed by atoms with van der Waals surface area (Å²) in [6.07, 6.45) is 0. The molecule has 2 rings (SSSR count). The van der Waals surface area contributed by atoms with Gasteiger partial charge in [0.2, 0.25) is 0 Å². The number of nitrogens with one attached hydrogen (secondary N) is 1. The van der Waals surface area contributed by atoms with E-state index in [4.69, 9.17) is 9.47 Å². The lowest BCUT2D eigenvalue weighted by Crippen LogP contribution is -2.60. The number of anilines is 1. The molecule has 0 aliphatic heterocycles. The number of esters is 1. The number of quaternary nitrogens is 1. The lowest BCUT2D eigenvalue weighted by atomic mass is 10.1. The van der Waals surface area contributed by atoms with Crippen LogP contribution in [0.3, 0.4) is 0 Å². The van der Waals surface area contributed by atoms with Crippen molar-refractivity contribution in [2.75, 3.05) is 32.1 Å². The molecule has 0 heterocycles. The number of hydrogen-bond donors (Lipinski definition) is 1. The summed E-state index contributed by atoms with van der Waals surface area (Å²) in [5.74, 6) is 0.342. The Morgan fingerprint density at radius 1 is 1.03 bits per heavy atom. The SMILES string of the molecule is CC[N+](CC)(CC(=O)OCc1ccccc1)C(C)C(=O)Nc1c(C)cc(OC)cc1C. The monoisotopic (exact) mass is 427 g/mol. The highest BCUT2D eigenvalue weighted by Gasteiger charge is 2.38. The minimum Gasteiger partial charge on any atom is -0.497 e. The first-order chi connectivity index (χ1) is 14.8. The molecule has 0 saturated carbocycles. The highest BCUT2D eigenvalue weighted by molar-refractivity contribution is 5.95. The minimum absolute atomic E-state index is 0.115. The van der Waals surface area contributed by atoms with Gasteiger partial charge >= 0.3 is 5.97 Å². The zero-order chi connectivity index (χ0) is 23.0. The summed E-state index contributed by atoms with van der Waals surface area (Å²) < 4.78 is 11.1. The van der Waals surface area contributed by atoms with Gasteiger partial charge in [-0.1, -0.05) is 30.3 Å². The van der Waals surface area contributed by atoms with E-state index < -0.39 is 6.04 Å². The molecule has 2 aromatic carbocycles. The largest absolute Gasteiger partial charge is 0.497 e. The van der Waals surface area contributed by atoms with Crippen molar-refractivity contribution in [1.29, 1.82) is 0 Å². The molecule has 31 heavy (non-hydrogen) atoms. The summed E-state index contributed by atoms with van der Waals surface area (Å²) in [4.78, 5) is 25.8. The van der Waals surface area contributed by atoms with Crippen LogP contribution in [0.1, 0.15) is 37.5 Å². The van der Waals surface area contributed by atoms with Crippen LogP contribution in [0.15, 0.2) is 42.5 Å². The molecule has 168 valence electrons. The van der Waals surface area contributed by atoms with Gasteiger partial charge in [0.25, 0.3) is 5.91 Å². The highest BCUT2D eigenvalue weighted by atomic mass is 16.5. The second-order valence-corrected chi connectivity index (χ2v) is 7.96. The van der Waals surface area contributed by atoms with Crippen LogP contribution in [0.4, 0.5) is 5.69 Å². The number of rotatable bonds is 10. The van der Waals surface area contributed by atoms with Crippen molar-refractivity contribution < 1.29 is 23.5 Å². The number of ether oxygens (including phenoxy) is 2. The third kappa shape index (κ3) is 6.07. The molecule has 0 fully saturated rings. The molecular weight excluding hydrogens is 392 g/mol. The van der Waals surface area contributed by atoms with Gasteiger partial charge in [-0.25, -0.2) is 4.79 Å². The second kappa shape index (κ2) is 11.0. The Morgan fingerprint density at radius 3 is 2.13 bits per heavy atom. The summed E-state index contributed by atoms with van der Waals surface area (Å²) >= 11 is 0. The first-order valence-electron chi connectivity index (χ1n) is 10.8. The number of aryl methyl sites for hydroxylation is 2. The quantitative estimate of drug-likeness (QED) is 0.455. The van der Waals surface area contributed by atoms with Crippen molar-refractivity contribution in [3.05, 3.63) is 59.2 Å². The number of methoxy groups -OCH3 is 1. The number of hydrogen-bond acceptors (Lipinski definition) is 4. The molecule has 1 atom stereocenters. The molecule has 0 radical (unpaired) electrons. The molecule has 1 unspecified atom stereocenters. The van der Waals surface area contributed by atoms with E-state index >= 15 is 0 Å². The number of benzene rings is 2. The Balaban J connectivity index is 2.11. The summed E-state index contributed by atoms with van der Waals surface area (Å²) in [6.45, 7) is 11.4. The number of nitrogens with zero attached hydrogens (tertiary/aromatic N) is 1. The maximum Gasteiger partial charge on any atom is 0.362 e. The molecule has 0 aliphatic rings. The van der Waals surface area contributed by atoms with Crippen molar-refractivity contribution in [3.8, 4) is 5.75 Å². The van der Waals surface area contributed by atoms with Gasteiger partial charge in [0.15, 0.2) is 12.6 Å². The second-order valence-electron chi connectivity index (χ2n) is 7.96. The maximum atomic E-state index is 13.2. The van der Waals surface area contributed by atoms with Crippen LogP contribution < -0.4 is 10.1 Å². The molecule has 1 N–H and O–H groups in total. The van der Waals surface area contributed by atoms with Gasteiger partial charge in [0.05, 0.1) is 20.2 Å². The molecular formula is C25H35N2O4+. The van der Waals surface area contributed by atoms with Crippen LogP contribution in [0.2, 0.25) is 0 Å². The molecule has 6 nitrogen and oxygen atoms in total. The van der Waals surface area contributed by atoms with Crippen molar-refractivity contribution in [2.24, 2.45) is 0 Å². The lowest BCUT2D eigenvalue weighted by Gasteiger charge is -2.40. The Hall–Kier alpha value is -2.86. The van der Waals surface area contributed by atoms with Crippen LogP contribution in [0, 0.1) is 13.8 Å². The predicted octanol–water partition coefficient (Wildman–Crippen LogP) is 4.24. The summed E-state index contributed by atoms with van der Waals surface area (Å²) in [5, 5.41) is 3.07. The topological polar surface area (TPSA) is 64.6 Å². The van der Waals surface area contributed by atoms with Gasteiger partial charge in [0.1, 0.15) is 12.4 Å². The van der Waals surface area contributed by atoms with Crippen molar-refractivity contribution in [1.82, 2.24) is 0 Å². The van der Waals surface area contributed by atoms with E-state index in [1.54, 1.807) is 7.11 Å². The standard InChI is InChI=1S/C25H34N2O4/c1-7-27(8-2,16-23(28)31-17-21-12-10-9-11-13-21)20(5)25(29)26-24-18(3)14-22(30-6)15-19(24)4/h9-15,20H,7-8,16-17H2,1-6H3/p+1. The summed E-state index contributed by atoms with van der Waals surface area (Å²) in [5.41, 5.74) is 3.60. The molecule has 0 saturated heterocycles. The van der Waals surface area contributed by atoms with Gasteiger partial charge in [-0.2, -0.15) is 0 Å². The summed E-state index contributed by atoms with van der Waals surface area (Å²) in [6, 6.07) is 13.0. The highest BCUT2D eigenvalue weighted by Crippen LogP contribution is 2.27. The maximum absolute atomic E-state index is 13.2. The van der Waals surface area contributed by atoms with Crippen LogP contribution >= 0.6 is 0 Å². The van der Waals surface area contributed by atoms with Crippen LogP contribution in [0.25, 0.3) is 0 Å². The van der Waals surface area contributed by atoms with Crippen molar-refractivity contribution in [2.45, 2.75) is 47.3 Å². The zero-order valence-electron chi connectivity index (χ0n) is 19.5. The normalized spacial score (nSPS) is 12.2. The first-order valence-corrected chi connectivity index (χ1v) is 10.8. The van der Waals surface area contributed by atoms with E-state index in [0.29, 0.717) is 17.6 Å². The van der Waals surface area contributed by atoms with E-state index in [9.17, 15) is 9.59 Å². The molecule has 0 aromatic heterocycles. The van der Waals surface area contributed by atoms with Gasteiger partial charge in [-0.05, 0) is 63.4 Å². The third-order valence-electron chi connectivity index (χ3n) is 6.14. The number of carbonyl (C=O) groups excluding carboxylic acids is 2. The Labute approximate surface area is 185 Å². The average Bonchev–Trinajstić information content (AvgIpc) is 2.78. The average molecular weight is 428 g/mol. The van der Waals surface area contributed by atoms with Crippen molar-refractivity contribution >= 4 is 17.6 Å². The molecule has 0 aliphatic carbocycles. The smallest absolute Gasteiger partial charge is 0.362 e. The molecule has 0 bridgehead atoms. The fourth-order valence-electron chi connectivity index (χ4n) is 3.89. The fraction of sp³-hybridized carbons (Fsp3) is 0.440. The van der Waals surface area contributed by atoms with Gasteiger partial charge in [0, 0.05) is 5.69 Å². The van der Waals surface area contributed by atoms with E-state index in [0.717, 1.165) is 28.1 Å². The number of carbonyl (C=O) groups is 2. The first kappa shape index (κ1) is 24.4. The number of amides is 1. The third-order valence-corrected chi connectivity index (χ3v) is 6.14. The van der Waals surface area contributed by atoms with E-state index in [1.807, 2.05) is 77.1 Å². The van der Waals surface area contributed by atoms with Gasteiger partial charge in [-0.3, -0.25) is 4.79 Å². The minimum atomic E-state index is -0.417. The van der Waals surface area contributed by atoms with Crippen LogP contribution in [-0.4, -0.2) is 49.1 Å². The fourth-order valence-corrected chi connectivity index (χ4v) is 3.89. The van der Waals surface area contributed by atoms with E-state index in [2.05, 4.69) is 5.32 Å². The Bertz CT molecular complexity index is 869. The Kier molecular flexibility index (Phi) is 8.63. The molecule has 1 amide bonds. The molecule has 6 heteroatoms. The predicted molar refractivity (Wildman–Crippen MR) is 123 cm³/mol.